The summed E-state index contributed by atoms with van der Waals surface area (Å²) in [5.41, 5.74) is 1.04. The Hall–Kier alpha value is -1.13. The van der Waals surface area contributed by atoms with E-state index in [9.17, 15) is 4.39 Å². The summed E-state index contributed by atoms with van der Waals surface area (Å²) < 4.78 is 19.6. The maximum absolute atomic E-state index is 14.2. The van der Waals surface area contributed by atoms with E-state index < -0.39 is 0 Å². The van der Waals surface area contributed by atoms with Crippen LogP contribution >= 0.6 is 0 Å². The average Bonchev–Trinajstić information content (AvgIpc) is 2.57. The number of methoxy groups -OCH3 is 1. The van der Waals surface area contributed by atoms with Crippen LogP contribution in [0.25, 0.3) is 0 Å². The molecule has 1 aliphatic heterocycles. The highest BCUT2D eigenvalue weighted by atomic mass is 19.1. The molecule has 0 aromatic heterocycles. The predicted molar refractivity (Wildman–Crippen MR) is 86.7 cm³/mol. The van der Waals surface area contributed by atoms with Gasteiger partial charge in [-0.2, -0.15) is 0 Å². The van der Waals surface area contributed by atoms with Crippen molar-refractivity contribution in [1.82, 2.24) is 10.2 Å². The Balaban J connectivity index is 1.94. The molecule has 3 nitrogen and oxygen atoms in total. The van der Waals surface area contributed by atoms with E-state index in [2.05, 4.69) is 16.3 Å². The first-order chi connectivity index (χ1) is 10.8. The largest absolute Gasteiger partial charge is 0.493 e. The number of para-hydroxylation sites is 1. The fourth-order valence-corrected chi connectivity index (χ4v) is 4.13. The molecular weight excluding hydrogens is 279 g/mol. The molecule has 1 aliphatic carbocycles. The van der Waals surface area contributed by atoms with Crippen LogP contribution in [0.2, 0.25) is 0 Å². The highest BCUT2D eigenvalue weighted by Crippen LogP contribution is 2.42. The number of hydrogen-bond acceptors (Lipinski definition) is 3. The molecule has 1 saturated heterocycles. The summed E-state index contributed by atoms with van der Waals surface area (Å²) in [7, 11) is 1.58. The lowest BCUT2D eigenvalue weighted by Crippen LogP contribution is -2.47. The van der Waals surface area contributed by atoms with Gasteiger partial charge in [-0.15, -0.1) is 0 Å². The molecule has 4 heteroatoms. The molecule has 22 heavy (non-hydrogen) atoms. The molecule has 0 bridgehead atoms. The van der Waals surface area contributed by atoms with Crippen LogP contribution in [0.4, 0.5) is 4.39 Å². The Morgan fingerprint density at radius 1 is 1.18 bits per heavy atom. The van der Waals surface area contributed by atoms with Crippen molar-refractivity contribution in [1.29, 1.82) is 0 Å². The minimum absolute atomic E-state index is 0.240. The first-order valence-corrected chi connectivity index (χ1v) is 8.58. The molecule has 1 heterocycles. The van der Waals surface area contributed by atoms with E-state index in [1.165, 1.54) is 38.2 Å². The molecule has 0 amide bonds. The van der Waals surface area contributed by atoms with Crippen molar-refractivity contribution in [2.45, 2.75) is 38.1 Å². The fraction of sp³-hybridized carbons (Fsp3) is 0.667. The smallest absolute Gasteiger partial charge is 0.165 e. The number of rotatable bonds is 4. The number of halogens is 1. The average molecular weight is 306 g/mol. The standard InChI is InChI=1S/C18H27FN2O/c1-22-18-15(8-5-9-16(18)19)17(14-6-3-2-4-7-14)21-12-10-20-11-13-21/h5,8-9,14,17,20H,2-4,6-7,10-13H2,1H3/t17-/m0/s1. The summed E-state index contributed by atoms with van der Waals surface area (Å²) in [6.45, 7) is 4.09. The summed E-state index contributed by atoms with van der Waals surface area (Å²) in [5.74, 6) is 0.815. The molecule has 122 valence electrons. The second-order valence-electron chi connectivity index (χ2n) is 6.49. The van der Waals surface area contributed by atoms with Gasteiger partial charge in [-0.3, -0.25) is 4.90 Å². The Morgan fingerprint density at radius 2 is 1.91 bits per heavy atom. The highest BCUT2D eigenvalue weighted by Gasteiger charge is 2.33. The van der Waals surface area contributed by atoms with Crippen molar-refractivity contribution in [2.24, 2.45) is 5.92 Å². The van der Waals surface area contributed by atoms with Crippen molar-refractivity contribution < 1.29 is 9.13 Å². The summed E-state index contributed by atoms with van der Waals surface area (Å²) in [4.78, 5) is 2.53. The fourth-order valence-electron chi connectivity index (χ4n) is 4.13. The molecule has 1 saturated carbocycles. The van der Waals surface area contributed by atoms with Crippen LogP contribution in [-0.4, -0.2) is 38.2 Å². The van der Waals surface area contributed by atoms with Gasteiger partial charge in [0.2, 0.25) is 0 Å². The molecule has 0 radical (unpaired) electrons. The lowest BCUT2D eigenvalue weighted by molar-refractivity contribution is 0.101. The molecule has 1 N–H and O–H groups in total. The molecule has 1 aromatic carbocycles. The van der Waals surface area contributed by atoms with Gasteiger partial charge in [0.25, 0.3) is 0 Å². The summed E-state index contributed by atoms with van der Waals surface area (Å²) in [6.07, 6.45) is 6.42. The second kappa shape index (κ2) is 7.42. The number of nitrogens with one attached hydrogen (secondary N) is 1. The van der Waals surface area contributed by atoms with Gasteiger partial charge in [0.15, 0.2) is 11.6 Å². The topological polar surface area (TPSA) is 24.5 Å². The van der Waals surface area contributed by atoms with Gasteiger partial charge in [-0.05, 0) is 24.8 Å². The van der Waals surface area contributed by atoms with Gasteiger partial charge >= 0.3 is 0 Å². The Labute approximate surface area is 132 Å². The third kappa shape index (κ3) is 3.28. The van der Waals surface area contributed by atoms with Crippen molar-refractivity contribution in [2.75, 3.05) is 33.3 Å². The normalized spacial score (nSPS) is 22.5. The lowest BCUT2D eigenvalue weighted by Gasteiger charge is -2.41. The Morgan fingerprint density at radius 3 is 2.59 bits per heavy atom. The number of benzene rings is 1. The number of nitrogens with zero attached hydrogens (tertiary/aromatic N) is 1. The minimum atomic E-state index is -0.240. The molecule has 3 rings (SSSR count). The first kappa shape index (κ1) is 15.8. The minimum Gasteiger partial charge on any atom is -0.493 e. The predicted octanol–water partition coefficient (Wildman–Crippen LogP) is 3.36. The van der Waals surface area contributed by atoms with Gasteiger partial charge in [0.05, 0.1) is 7.11 Å². The molecule has 0 unspecified atom stereocenters. The van der Waals surface area contributed by atoms with Crippen LogP contribution in [0, 0.1) is 11.7 Å². The zero-order valence-electron chi connectivity index (χ0n) is 13.5. The zero-order valence-corrected chi connectivity index (χ0v) is 13.5. The van der Waals surface area contributed by atoms with E-state index in [1.54, 1.807) is 7.11 Å². The molecular formula is C18H27FN2O. The third-order valence-corrected chi connectivity index (χ3v) is 5.16. The van der Waals surface area contributed by atoms with Crippen LogP contribution < -0.4 is 10.1 Å². The van der Waals surface area contributed by atoms with Crippen LogP contribution in [0.1, 0.15) is 43.7 Å². The van der Waals surface area contributed by atoms with Crippen LogP contribution in [0.3, 0.4) is 0 Å². The first-order valence-electron chi connectivity index (χ1n) is 8.58. The van der Waals surface area contributed by atoms with E-state index in [0.29, 0.717) is 11.7 Å². The quantitative estimate of drug-likeness (QED) is 0.923. The van der Waals surface area contributed by atoms with Crippen LogP contribution in [0.15, 0.2) is 18.2 Å². The summed E-state index contributed by atoms with van der Waals surface area (Å²) >= 11 is 0. The monoisotopic (exact) mass is 306 g/mol. The Kier molecular flexibility index (Phi) is 5.32. The van der Waals surface area contributed by atoms with Gasteiger partial charge in [0.1, 0.15) is 0 Å². The highest BCUT2D eigenvalue weighted by molar-refractivity contribution is 5.38. The molecule has 0 spiro atoms. The van der Waals surface area contributed by atoms with Crippen molar-refractivity contribution in [3.8, 4) is 5.75 Å². The lowest BCUT2D eigenvalue weighted by atomic mass is 9.80. The van der Waals surface area contributed by atoms with Crippen molar-refractivity contribution in [3.05, 3.63) is 29.6 Å². The maximum atomic E-state index is 14.2. The van der Waals surface area contributed by atoms with Crippen molar-refractivity contribution in [3.63, 3.8) is 0 Å². The van der Waals surface area contributed by atoms with Gasteiger partial charge < -0.3 is 10.1 Å². The Bertz CT molecular complexity index is 464. The van der Waals surface area contributed by atoms with E-state index in [4.69, 9.17) is 4.74 Å². The van der Waals surface area contributed by atoms with E-state index in [1.807, 2.05) is 6.07 Å². The van der Waals surface area contributed by atoms with Crippen LogP contribution in [-0.2, 0) is 0 Å². The molecule has 1 atom stereocenters. The number of hydrogen-bond donors (Lipinski definition) is 1. The summed E-state index contributed by atoms with van der Waals surface area (Å²) in [6, 6.07) is 5.67. The molecule has 1 aromatic rings. The molecule has 2 aliphatic rings. The second-order valence-corrected chi connectivity index (χ2v) is 6.49. The third-order valence-electron chi connectivity index (χ3n) is 5.16. The SMILES string of the molecule is COc1c(F)cccc1[C@H](C1CCCCC1)N1CCNCC1. The zero-order chi connectivity index (χ0) is 15.4. The molecule has 2 fully saturated rings. The van der Waals surface area contributed by atoms with E-state index >= 15 is 0 Å². The van der Waals surface area contributed by atoms with Gasteiger partial charge in [-0.25, -0.2) is 4.39 Å². The van der Waals surface area contributed by atoms with E-state index in [-0.39, 0.29) is 11.9 Å². The van der Waals surface area contributed by atoms with Gasteiger partial charge in [0, 0.05) is 37.8 Å². The van der Waals surface area contributed by atoms with Gasteiger partial charge in [-0.1, -0.05) is 31.4 Å². The number of piperazine rings is 1. The maximum Gasteiger partial charge on any atom is 0.165 e. The number of ether oxygens (including phenoxy) is 1. The summed E-state index contributed by atoms with van der Waals surface area (Å²) in [5, 5.41) is 3.42. The van der Waals surface area contributed by atoms with Crippen LogP contribution in [0.5, 0.6) is 5.75 Å². The van der Waals surface area contributed by atoms with E-state index in [0.717, 1.165) is 31.7 Å². The van der Waals surface area contributed by atoms with Crippen molar-refractivity contribution >= 4 is 0 Å².